The fraction of sp³-hybridized carbons (Fsp3) is 0.316. The maximum absolute atomic E-state index is 14.2. The summed E-state index contributed by atoms with van der Waals surface area (Å²) in [6.07, 6.45) is 1.06. The molecule has 0 aliphatic heterocycles. The van der Waals surface area contributed by atoms with Crippen LogP contribution in [0.1, 0.15) is 37.0 Å². The molecule has 0 amide bonds. The Morgan fingerprint density at radius 3 is 2.62 bits per heavy atom. The van der Waals surface area contributed by atoms with Crippen LogP contribution in [0.4, 0.5) is 4.39 Å². The van der Waals surface area contributed by atoms with E-state index in [1.807, 2.05) is 26.0 Å². The SMILES string of the molecule is CCC(=O)Oc1cccc(I)c1COc1cc(C)c(CC)cc1F. The van der Waals surface area contributed by atoms with Gasteiger partial charge >= 0.3 is 5.97 Å². The minimum Gasteiger partial charge on any atom is -0.486 e. The van der Waals surface area contributed by atoms with Crippen LogP contribution >= 0.6 is 22.6 Å². The fourth-order valence-electron chi connectivity index (χ4n) is 2.31. The van der Waals surface area contributed by atoms with E-state index in [-0.39, 0.29) is 30.6 Å². The van der Waals surface area contributed by atoms with Gasteiger partial charge in [0.2, 0.25) is 0 Å². The predicted molar refractivity (Wildman–Crippen MR) is 99.9 cm³/mol. The molecule has 0 N–H and O–H groups in total. The van der Waals surface area contributed by atoms with Crippen LogP contribution in [0.5, 0.6) is 11.5 Å². The van der Waals surface area contributed by atoms with Crippen molar-refractivity contribution in [1.29, 1.82) is 0 Å². The van der Waals surface area contributed by atoms with Gasteiger partial charge in [-0.1, -0.05) is 19.9 Å². The van der Waals surface area contributed by atoms with Crippen molar-refractivity contribution in [2.75, 3.05) is 0 Å². The molecule has 128 valence electrons. The number of ether oxygens (including phenoxy) is 2. The van der Waals surface area contributed by atoms with E-state index >= 15 is 0 Å². The molecule has 0 aromatic heterocycles. The number of hydrogen-bond acceptors (Lipinski definition) is 3. The molecule has 5 heteroatoms. The monoisotopic (exact) mass is 442 g/mol. The Morgan fingerprint density at radius 1 is 1.21 bits per heavy atom. The zero-order valence-electron chi connectivity index (χ0n) is 14.0. The lowest BCUT2D eigenvalue weighted by Gasteiger charge is -2.14. The van der Waals surface area contributed by atoms with Gasteiger partial charge in [0.1, 0.15) is 12.4 Å². The Labute approximate surface area is 155 Å². The highest BCUT2D eigenvalue weighted by Gasteiger charge is 2.14. The third-order valence-corrected chi connectivity index (χ3v) is 4.74. The minimum atomic E-state index is -0.379. The van der Waals surface area contributed by atoms with Crippen molar-refractivity contribution in [3.8, 4) is 11.5 Å². The molecule has 24 heavy (non-hydrogen) atoms. The Balaban J connectivity index is 2.23. The van der Waals surface area contributed by atoms with Crippen molar-refractivity contribution in [1.82, 2.24) is 0 Å². The van der Waals surface area contributed by atoms with Gasteiger partial charge in [0.15, 0.2) is 11.6 Å². The molecule has 0 radical (unpaired) electrons. The molecule has 0 aliphatic rings. The van der Waals surface area contributed by atoms with Gasteiger partial charge in [-0.2, -0.15) is 0 Å². The van der Waals surface area contributed by atoms with E-state index in [0.29, 0.717) is 5.75 Å². The van der Waals surface area contributed by atoms with Crippen molar-refractivity contribution in [3.05, 3.63) is 56.4 Å². The second-order valence-corrected chi connectivity index (χ2v) is 6.56. The van der Waals surface area contributed by atoms with E-state index in [1.54, 1.807) is 19.1 Å². The van der Waals surface area contributed by atoms with Crippen LogP contribution in [0.25, 0.3) is 0 Å². The van der Waals surface area contributed by atoms with Gasteiger partial charge in [-0.15, -0.1) is 0 Å². The summed E-state index contributed by atoms with van der Waals surface area (Å²) in [4.78, 5) is 11.6. The Hall–Kier alpha value is -1.63. The average molecular weight is 442 g/mol. The lowest BCUT2D eigenvalue weighted by atomic mass is 10.1. The van der Waals surface area contributed by atoms with Crippen LogP contribution in [0.3, 0.4) is 0 Å². The first-order valence-electron chi connectivity index (χ1n) is 7.86. The first-order valence-corrected chi connectivity index (χ1v) is 8.94. The molecule has 0 bridgehead atoms. The van der Waals surface area contributed by atoms with Gasteiger partial charge in [-0.05, 0) is 71.3 Å². The molecule has 3 nitrogen and oxygen atoms in total. The largest absolute Gasteiger partial charge is 0.486 e. The van der Waals surface area contributed by atoms with Crippen LogP contribution in [-0.4, -0.2) is 5.97 Å². The van der Waals surface area contributed by atoms with Gasteiger partial charge in [0, 0.05) is 15.6 Å². The number of hydrogen-bond donors (Lipinski definition) is 0. The summed E-state index contributed by atoms with van der Waals surface area (Å²) < 4.78 is 26.1. The lowest BCUT2D eigenvalue weighted by Crippen LogP contribution is -2.10. The number of esters is 1. The van der Waals surface area contributed by atoms with E-state index in [0.717, 1.165) is 26.7 Å². The lowest BCUT2D eigenvalue weighted by molar-refractivity contribution is -0.134. The molecule has 0 spiro atoms. The molecule has 2 rings (SSSR count). The van der Waals surface area contributed by atoms with Crippen molar-refractivity contribution >= 4 is 28.6 Å². The molecular weight excluding hydrogens is 422 g/mol. The first-order chi connectivity index (χ1) is 11.5. The zero-order chi connectivity index (χ0) is 17.7. The van der Waals surface area contributed by atoms with Crippen LogP contribution in [0, 0.1) is 16.3 Å². The molecule has 0 aliphatic carbocycles. The zero-order valence-corrected chi connectivity index (χ0v) is 16.1. The normalized spacial score (nSPS) is 10.5. The number of aryl methyl sites for hydroxylation is 2. The highest BCUT2D eigenvalue weighted by molar-refractivity contribution is 14.1. The van der Waals surface area contributed by atoms with Crippen molar-refractivity contribution in [2.45, 2.75) is 40.2 Å². The molecule has 2 aromatic rings. The number of rotatable bonds is 6. The molecule has 0 saturated heterocycles. The summed E-state index contributed by atoms with van der Waals surface area (Å²) in [5.41, 5.74) is 2.69. The third kappa shape index (κ3) is 4.47. The van der Waals surface area contributed by atoms with E-state index < -0.39 is 0 Å². The van der Waals surface area contributed by atoms with Crippen LogP contribution in [0.2, 0.25) is 0 Å². The maximum atomic E-state index is 14.2. The number of carbonyl (C=O) groups is 1. The second-order valence-electron chi connectivity index (χ2n) is 5.40. The third-order valence-electron chi connectivity index (χ3n) is 3.73. The number of halogens is 2. The maximum Gasteiger partial charge on any atom is 0.310 e. The van der Waals surface area contributed by atoms with E-state index in [1.165, 1.54) is 6.07 Å². The van der Waals surface area contributed by atoms with E-state index in [2.05, 4.69) is 22.6 Å². The van der Waals surface area contributed by atoms with Crippen LogP contribution < -0.4 is 9.47 Å². The van der Waals surface area contributed by atoms with Crippen molar-refractivity contribution in [2.24, 2.45) is 0 Å². The highest BCUT2D eigenvalue weighted by atomic mass is 127. The molecule has 0 atom stereocenters. The molecular formula is C19H20FIO3. The molecule has 0 saturated carbocycles. The Bertz CT molecular complexity index is 744. The van der Waals surface area contributed by atoms with Crippen molar-refractivity contribution in [3.63, 3.8) is 0 Å². The summed E-state index contributed by atoms with van der Waals surface area (Å²) in [5, 5.41) is 0. The Kier molecular flexibility index (Phi) is 6.60. The topological polar surface area (TPSA) is 35.5 Å². The van der Waals surface area contributed by atoms with Gasteiger partial charge in [-0.25, -0.2) is 4.39 Å². The van der Waals surface area contributed by atoms with Crippen LogP contribution in [-0.2, 0) is 17.8 Å². The molecule has 2 aromatic carbocycles. The molecule has 0 fully saturated rings. The number of benzene rings is 2. The standard InChI is InChI=1S/C19H20FIO3/c1-4-13-10-15(20)18(9-12(13)3)23-11-14-16(21)7-6-8-17(14)24-19(22)5-2/h6-10H,4-5,11H2,1-3H3. The Morgan fingerprint density at radius 2 is 1.96 bits per heavy atom. The summed E-state index contributed by atoms with van der Waals surface area (Å²) >= 11 is 2.15. The fourth-order valence-corrected chi connectivity index (χ4v) is 2.94. The minimum absolute atomic E-state index is 0.132. The smallest absolute Gasteiger partial charge is 0.310 e. The summed E-state index contributed by atoms with van der Waals surface area (Å²) in [6, 6.07) is 8.64. The summed E-state index contributed by atoms with van der Waals surface area (Å²) in [6.45, 7) is 5.79. The van der Waals surface area contributed by atoms with E-state index in [9.17, 15) is 9.18 Å². The van der Waals surface area contributed by atoms with Gasteiger partial charge in [0.05, 0.1) is 0 Å². The number of carbonyl (C=O) groups excluding carboxylic acids is 1. The van der Waals surface area contributed by atoms with Gasteiger partial charge in [-0.3, -0.25) is 4.79 Å². The first kappa shape index (κ1) is 18.7. The molecule has 0 heterocycles. The van der Waals surface area contributed by atoms with Crippen molar-refractivity contribution < 1.29 is 18.7 Å². The second kappa shape index (κ2) is 8.46. The summed E-state index contributed by atoms with van der Waals surface area (Å²) in [5.74, 6) is -0.0313. The van der Waals surface area contributed by atoms with Gasteiger partial charge < -0.3 is 9.47 Å². The summed E-state index contributed by atoms with van der Waals surface area (Å²) in [7, 11) is 0. The van der Waals surface area contributed by atoms with E-state index in [4.69, 9.17) is 9.47 Å². The quantitative estimate of drug-likeness (QED) is 0.351. The van der Waals surface area contributed by atoms with Gasteiger partial charge in [0.25, 0.3) is 0 Å². The molecule has 0 unspecified atom stereocenters. The predicted octanol–water partition coefficient (Wildman–Crippen LogP) is 5.20. The average Bonchev–Trinajstić information content (AvgIpc) is 2.56. The van der Waals surface area contributed by atoms with Crippen LogP contribution in [0.15, 0.2) is 30.3 Å². The highest BCUT2D eigenvalue weighted by Crippen LogP contribution is 2.28.